The predicted octanol–water partition coefficient (Wildman–Crippen LogP) is 4.44. The minimum absolute atomic E-state index is 0.210. The summed E-state index contributed by atoms with van der Waals surface area (Å²) in [6, 6.07) is 8.47. The highest BCUT2D eigenvalue weighted by molar-refractivity contribution is 7.99. The van der Waals surface area contributed by atoms with Gasteiger partial charge in [0.1, 0.15) is 10.7 Å². The van der Waals surface area contributed by atoms with E-state index in [2.05, 4.69) is 36.2 Å². The molecule has 0 amide bonds. The van der Waals surface area contributed by atoms with Crippen LogP contribution in [0, 0.1) is 0 Å². The Morgan fingerprint density at radius 2 is 2.05 bits per heavy atom. The Balaban J connectivity index is 1.92. The van der Waals surface area contributed by atoms with Crippen molar-refractivity contribution < 1.29 is 4.79 Å². The summed E-state index contributed by atoms with van der Waals surface area (Å²) in [4.78, 5) is 18.8. The van der Waals surface area contributed by atoms with Crippen LogP contribution < -0.4 is 0 Å². The van der Waals surface area contributed by atoms with Crippen LogP contribution in [0.1, 0.15) is 35.1 Å². The summed E-state index contributed by atoms with van der Waals surface area (Å²) < 4.78 is 0. The van der Waals surface area contributed by atoms with Crippen molar-refractivity contribution in [2.45, 2.75) is 31.1 Å². The van der Waals surface area contributed by atoms with E-state index in [4.69, 9.17) is 0 Å². The molecule has 2 aromatic rings. The number of benzene rings is 1. The van der Waals surface area contributed by atoms with Crippen LogP contribution in [0.3, 0.4) is 0 Å². The lowest BCUT2D eigenvalue weighted by atomic mass is 10.0. The van der Waals surface area contributed by atoms with Gasteiger partial charge in [0.05, 0.1) is 0 Å². The maximum Gasteiger partial charge on any atom is 0.182 e. The van der Waals surface area contributed by atoms with Gasteiger partial charge >= 0.3 is 0 Å². The monoisotopic (exact) mass is 289 g/mol. The van der Waals surface area contributed by atoms with Crippen LogP contribution in [0.2, 0.25) is 0 Å². The van der Waals surface area contributed by atoms with Crippen molar-refractivity contribution in [2.75, 3.05) is 5.75 Å². The number of aryl methyl sites for hydroxylation is 1. The van der Waals surface area contributed by atoms with Crippen molar-refractivity contribution in [2.24, 2.45) is 0 Å². The molecule has 1 aliphatic rings. The quantitative estimate of drug-likeness (QED) is 0.782. The van der Waals surface area contributed by atoms with Crippen LogP contribution in [0.4, 0.5) is 0 Å². The van der Waals surface area contributed by atoms with Crippen molar-refractivity contribution in [3.8, 4) is 10.6 Å². The topological polar surface area (TPSA) is 30.0 Å². The molecule has 0 saturated heterocycles. The summed E-state index contributed by atoms with van der Waals surface area (Å²) in [5.74, 6) is 1.29. The number of thiazole rings is 1. The van der Waals surface area contributed by atoms with Gasteiger partial charge in [-0.2, -0.15) is 0 Å². The lowest BCUT2D eigenvalue weighted by Gasteiger charge is -2.06. The van der Waals surface area contributed by atoms with Crippen LogP contribution in [-0.2, 0) is 6.42 Å². The summed E-state index contributed by atoms with van der Waals surface area (Å²) >= 11 is 3.51. The summed E-state index contributed by atoms with van der Waals surface area (Å²) in [5, 5.41) is 0.980. The average molecular weight is 289 g/mol. The average Bonchev–Trinajstić information content (AvgIpc) is 2.85. The normalized spacial score (nSPS) is 14.5. The van der Waals surface area contributed by atoms with Crippen LogP contribution in [0.5, 0.6) is 0 Å². The summed E-state index contributed by atoms with van der Waals surface area (Å²) in [6.45, 7) is 2.15. The second-order valence-corrected chi connectivity index (χ2v) is 6.95. The number of nitrogens with zero attached hydrogens (tertiary/aromatic N) is 1. The Kier molecular flexibility index (Phi) is 3.71. The molecule has 0 radical (unpaired) electrons. The number of hydrogen-bond donors (Lipinski definition) is 0. The first-order valence-corrected chi connectivity index (χ1v) is 8.34. The molecular formula is C15H15NOS2. The van der Waals surface area contributed by atoms with Crippen LogP contribution in [-0.4, -0.2) is 16.5 Å². The van der Waals surface area contributed by atoms with E-state index < -0.39 is 0 Å². The van der Waals surface area contributed by atoms with E-state index in [9.17, 15) is 4.79 Å². The van der Waals surface area contributed by atoms with Crippen LogP contribution >= 0.6 is 23.1 Å². The van der Waals surface area contributed by atoms with Gasteiger partial charge in [-0.25, -0.2) is 4.98 Å². The van der Waals surface area contributed by atoms with Crippen molar-refractivity contribution >= 4 is 28.9 Å². The molecule has 2 nitrogen and oxygen atoms in total. The fourth-order valence-electron chi connectivity index (χ4n) is 2.25. The number of Topliss-reactive ketones (excluding diaryl/α,β-unsaturated/α-hetero) is 1. The molecule has 98 valence electrons. The Bertz CT molecular complexity index is 601. The Labute approximate surface area is 121 Å². The number of thioether (sulfide) groups is 1. The van der Waals surface area contributed by atoms with Gasteiger partial charge in [0.15, 0.2) is 5.78 Å². The molecule has 1 aliphatic carbocycles. The maximum atomic E-state index is 11.8. The lowest BCUT2D eigenvalue weighted by Crippen LogP contribution is -2.08. The highest BCUT2D eigenvalue weighted by Crippen LogP contribution is 2.33. The van der Waals surface area contributed by atoms with E-state index in [0.717, 1.165) is 34.9 Å². The molecule has 3 rings (SSSR count). The first-order valence-electron chi connectivity index (χ1n) is 6.54. The fourth-order valence-corrected chi connectivity index (χ4v) is 4.04. The number of fused-ring (bicyclic) bond motifs is 1. The molecular weight excluding hydrogens is 274 g/mol. The van der Waals surface area contributed by atoms with E-state index >= 15 is 0 Å². The third kappa shape index (κ3) is 2.60. The highest BCUT2D eigenvalue weighted by atomic mass is 32.2. The van der Waals surface area contributed by atoms with Gasteiger partial charge in [-0.15, -0.1) is 23.1 Å². The Hall–Kier alpha value is -1.13. The standard InChI is InChI=1S/C15H15NOS2/c1-2-18-11-8-6-10(7-9-11)15-16-14-12(17)4-3-5-13(14)19-15/h6-9H,2-5H2,1H3. The maximum absolute atomic E-state index is 11.8. The lowest BCUT2D eigenvalue weighted by molar-refractivity contribution is 0.0968. The van der Waals surface area contributed by atoms with Gasteiger partial charge < -0.3 is 0 Å². The van der Waals surface area contributed by atoms with Crippen molar-refractivity contribution in [1.82, 2.24) is 4.98 Å². The van der Waals surface area contributed by atoms with E-state index in [1.165, 1.54) is 9.77 Å². The Morgan fingerprint density at radius 3 is 2.74 bits per heavy atom. The van der Waals surface area contributed by atoms with E-state index in [-0.39, 0.29) is 5.78 Å². The van der Waals surface area contributed by atoms with Crippen LogP contribution in [0.25, 0.3) is 10.6 Å². The first kappa shape index (κ1) is 12.9. The van der Waals surface area contributed by atoms with Crippen molar-refractivity contribution in [3.63, 3.8) is 0 Å². The minimum Gasteiger partial charge on any atom is -0.292 e. The molecule has 0 spiro atoms. The molecule has 4 heteroatoms. The first-order chi connectivity index (χ1) is 9.28. The van der Waals surface area contributed by atoms with Crippen LogP contribution in [0.15, 0.2) is 29.2 Å². The van der Waals surface area contributed by atoms with Gasteiger partial charge in [-0.05, 0) is 30.7 Å². The molecule has 1 aromatic heterocycles. The van der Waals surface area contributed by atoms with Gasteiger partial charge in [0.25, 0.3) is 0 Å². The molecule has 1 aromatic carbocycles. The molecule has 0 atom stereocenters. The Morgan fingerprint density at radius 1 is 1.26 bits per heavy atom. The van der Waals surface area contributed by atoms with Gasteiger partial charge in [0, 0.05) is 21.8 Å². The van der Waals surface area contributed by atoms with E-state index in [1.54, 1.807) is 11.3 Å². The molecule has 19 heavy (non-hydrogen) atoms. The number of carbonyl (C=O) groups excluding carboxylic acids is 1. The SMILES string of the molecule is CCSc1ccc(-c2nc3c(s2)CCCC3=O)cc1. The molecule has 0 aliphatic heterocycles. The number of aromatic nitrogens is 1. The van der Waals surface area contributed by atoms with Gasteiger partial charge in [-0.1, -0.05) is 19.1 Å². The third-order valence-corrected chi connectivity index (χ3v) is 5.24. The smallest absolute Gasteiger partial charge is 0.182 e. The second-order valence-electron chi connectivity index (χ2n) is 4.52. The molecule has 0 bridgehead atoms. The highest BCUT2D eigenvalue weighted by Gasteiger charge is 2.22. The fraction of sp³-hybridized carbons (Fsp3) is 0.333. The number of carbonyl (C=O) groups is 1. The van der Waals surface area contributed by atoms with Crippen molar-refractivity contribution in [1.29, 1.82) is 0 Å². The molecule has 0 unspecified atom stereocenters. The zero-order valence-corrected chi connectivity index (χ0v) is 12.4. The summed E-state index contributed by atoms with van der Waals surface area (Å²) in [6.07, 6.45) is 2.63. The van der Waals surface area contributed by atoms with Gasteiger partial charge in [0.2, 0.25) is 0 Å². The third-order valence-electron chi connectivity index (χ3n) is 3.18. The van der Waals surface area contributed by atoms with E-state index in [1.807, 2.05) is 11.8 Å². The number of hydrogen-bond acceptors (Lipinski definition) is 4. The minimum atomic E-state index is 0.210. The van der Waals surface area contributed by atoms with E-state index in [0.29, 0.717) is 6.42 Å². The molecule has 0 fully saturated rings. The number of ketones is 1. The van der Waals surface area contributed by atoms with Gasteiger partial charge in [-0.3, -0.25) is 4.79 Å². The zero-order valence-electron chi connectivity index (χ0n) is 10.8. The molecule has 0 N–H and O–H groups in total. The molecule has 0 saturated carbocycles. The summed E-state index contributed by atoms with van der Waals surface area (Å²) in [7, 11) is 0. The molecule has 1 heterocycles. The number of rotatable bonds is 3. The second kappa shape index (κ2) is 5.47. The van der Waals surface area contributed by atoms with Crippen molar-refractivity contribution in [3.05, 3.63) is 34.8 Å². The zero-order chi connectivity index (χ0) is 13.2. The summed E-state index contributed by atoms with van der Waals surface area (Å²) in [5.41, 5.74) is 1.84. The largest absolute Gasteiger partial charge is 0.292 e. The predicted molar refractivity (Wildman–Crippen MR) is 81.2 cm³/mol.